The maximum absolute atomic E-state index is 12.0. The Kier molecular flexibility index (Phi) is 7.22. The minimum Gasteiger partial charge on any atom is -0.497 e. The van der Waals surface area contributed by atoms with E-state index in [9.17, 15) is 4.79 Å². The number of rotatable bonds is 9. The fourth-order valence-electron chi connectivity index (χ4n) is 2.29. The molecule has 0 aliphatic carbocycles. The number of ether oxygens (including phenoxy) is 1. The molecule has 2 N–H and O–H groups in total. The van der Waals surface area contributed by atoms with Crippen LogP contribution in [0.15, 0.2) is 42.6 Å². The van der Waals surface area contributed by atoms with Gasteiger partial charge < -0.3 is 20.3 Å². The average Bonchev–Trinajstić information content (AvgIpc) is 2.62. The smallest absolute Gasteiger partial charge is 0.252 e. The lowest BCUT2D eigenvalue weighted by Crippen LogP contribution is -2.31. The number of nitrogens with one attached hydrogen (secondary N) is 2. The van der Waals surface area contributed by atoms with Crippen molar-refractivity contribution < 1.29 is 9.53 Å². The van der Waals surface area contributed by atoms with Crippen molar-refractivity contribution in [3.8, 4) is 5.75 Å². The van der Waals surface area contributed by atoms with E-state index in [2.05, 4.69) is 21.7 Å². The van der Waals surface area contributed by atoms with Crippen molar-refractivity contribution in [2.75, 3.05) is 46.2 Å². The van der Waals surface area contributed by atoms with Gasteiger partial charge in [0.15, 0.2) is 0 Å². The zero-order chi connectivity index (χ0) is 18.1. The normalized spacial score (nSPS) is 10.6. The number of amides is 1. The van der Waals surface area contributed by atoms with E-state index in [1.165, 1.54) is 5.56 Å². The van der Waals surface area contributed by atoms with Crippen LogP contribution in [0.25, 0.3) is 0 Å². The summed E-state index contributed by atoms with van der Waals surface area (Å²) in [7, 11) is 5.61. The van der Waals surface area contributed by atoms with E-state index in [0.29, 0.717) is 12.1 Å². The minimum absolute atomic E-state index is 0.0997. The van der Waals surface area contributed by atoms with Crippen molar-refractivity contribution in [1.82, 2.24) is 15.2 Å². The highest BCUT2D eigenvalue weighted by atomic mass is 16.5. The van der Waals surface area contributed by atoms with Crippen LogP contribution >= 0.6 is 0 Å². The number of hydrogen-bond donors (Lipinski definition) is 2. The second kappa shape index (κ2) is 9.64. The summed E-state index contributed by atoms with van der Waals surface area (Å²) in [4.78, 5) is 18.3. The first-order valence-electron chi connectivity index (χ1n) is 8.34. The Labute approximate surface area is 149 Å². The number of nitrogens with zero attached hydrogens (tertiary/aromatic N) is 2. The Hall–Kier alpha value is -2.60. The molecule has 0 aliphatic heterocycles. The van der Waals surface area contributed by atoms with E-state index < -0.39 is 0 Å². The molecule has 0 unspecified atom stereocenters. The largest absolute Gasteiger partial charge is 0.497 e. The summed E-state index contributed by atoms with van der Waals surface area (Å²) in [6.45, 7) is 2.18. The second-order valence-electron chi connectivity index (χ2n) is 6.02. The minimum atomic E-state index is -0.0997. The number of likely N-dealkylation sites (N-methyl/N-ethyl adjacent to an activating group) is 1. The van der Waals surface area contributed by atoms with Crippen LogP contribution in [0.5, 0.6) is 5.75 Å². The molecule has 6 heteroatoms. The number of carbonyl (C=O) groups is 1. The summed E-state index contributed by atoms with van der Waals surface area (Å²) in [6, 6.07) is 11.6. The van der Waals surface area contributed by atoms with E-state index in [1.54, 1.807) is 19.4 Å². The van der Waals surface area contributed by atoms with Gasteiger partial charge in [-0.05, 0) is 50.3 Å². The number of methoxy groups -OCH3 is 1. The SMILES string of the molecule is COc1cccc(CCNc2ccc(C(=O)NCCN(C)C)cn2)c1. The Morgan fingerprint density at radius 2 is 2.04 bits per heavy atom. The number of hydrogen-bond acceptors (Lipinski definition) is 5. The fourth-order valence-corrected chi connectivity index (χ4v) is 2.29. The third-order valence-corrected chi connectivity index (χ3v) is 3.72. The van der Waals surface area contributed by atoms with Crippen LogP contribution in [0, 0.1) is 0 Å². The molecule has 2 aromatic rings. The molecule has 1 amide bonds. The standard InChI is InChI=1S/C19H26N4O2/c1-23(2)12-11-21-19(24)16-7-8-18(22-14-16)20-10-9-15-5-4-6-17(13-15)25-3/h4-8,13-14H,9-12H2,1-3H3,(H,20,22)(H,21,24). The summed E-state index contributed by atoms with van der Waals surface area (Å²) >= 11 is 0. The maximum Gasteiger partial charge on any atom is 0.252 e. The van der Waals surface area contributed by atoms with Gasteiger partial charge in [-0.3, -0.25) is 4.79 Å². The third kappa shape index (κ3) is 6.43. The van der Waals surface area contributed by atoms with Gasteiger partial charge in [-0.25, -0.2) is 4.98 Å². The topological polar surface area (TPSA) is 66.5 Å². The highest BCUT2D eigenvalue weighted by molar-refractivity contribution is 5.94. The van der Waals surface area contributed by atoms with Crippen molar-refractivity contribution in [2.24, 2.45) is 0 Å². The molecular weight excluding hydrogens is 316 g/mol. The van der Waals surface area contributed by atoms with Crippen molar-refractivity contribution in [3.05, 3.63) is 53.7 Å². The third-order valence-electron chi connectivity index (χ3n) is 3.72. The van der Waals surface area contributed by atoms with Gasteiger partial charge in [0.05, 0.1) is 12.7 Å². The first-order valence-corrected chi connectivity index (χ1v) is 8.34. The zero-order valence-electron chi connectivity index (χ0n) is 15.1. The van der Waals surface area contributed by atoms with Gasteiger partial charge in [-0.1, -0.05) is 12.1 Å². The maximum atomic E-state index is 12.0. The molecule has 0 saturated heterocycles. The number of aromatic nitrogens is 1. The molecular formula is C19H26N4O2. The van der Waals surface area contributed by atoms with Crippen molar-refractivity contribution >= 4 is 11.7 Å². The van der Waals surface area contributed by atoms with E-state index in [0.717, 1.165) is 31.1 Å². The highest BCUT2D eigenvalue weighted by Gasteiger charge is 2.05. The van der Waals surface area contributed by atoms with Gasteiger partial charge >= 0.3 is 0 Å². The Bertz CT molecular complexity index is 671. The van der Waals surface area contributed by atoms with Gasteiger partial charge in [0.25, 0.3) is 5.91 Å². The number of benzene rings is 1. The van der Waals surface area contributed by atoms with Crippen LogP contribution in [-0.4, -0.2) is 56.6 Å². The predicted molar refractivity (Wildman–Crippen MR) is 100 cm³/mol. The van der Waals surface area contributed by atoms with Crippen LogP contribution in [-0.2, 0) is 6.42 Å². The molecule has 0 aliphatic rings. The van der Waals surface area contributed by atoms with E-state index in [-0.39, 0.29) is 5.91 Å². The molecule has 1 aromatic heterocycles. The Balaban J connectivity index is 1.78. The molecule has 0 fully saturated rings. The molecule has 0 radical (unpaired) electrons. The molecule has 134 valence electrons. The summed E-state index contributed by atoms with van der Waals surface area (Å²) in [5.74, 6) is 1.52. The van der Waals surface area contributed by atoms with E-state index in [4.69, 9.17) is 4.74 Å². The average molecular weight is 342 g/mol. The van der Waals surface area contributed by atoms with Gasteiger partial charge in [0, 0.05) is 25.8 Å². The molecule has 2 rings (SSSR count). The van der Waals surface area contributed by atoms with E-state index in [1.807, 2.05) is 43.3 Å². The van der Waals surface area contributed by atoms with Crippen LogP contribution < -0.4 is 15.4 Å². The van der Waals surface area contributed by atoms with E-state index >= 15 is 0 Å². The van der Waals surface area contributed by atoms with Crippen LogP contribution in [0.4, 0.5) is 5.82 Å². The summed E-state index contributed by atoms with van der Waals surface area (Å²) in [5, 5.41) is 6.14. The van der Waals surface area contributed by atoms with Gasteiger partial charge in [0.2, 0.25) is 0 Å². The van der Waals surface area contributed by atoms with Gasteiger partial charge in [-0.15, -0.1) is 0 Å². The first-order chi connectivity index (χ1) is 12.1. The van der Waals surface area contributed by atoms with Crippen LogP contribution in [0.3, 0.4) is 0 Å². The molecule has 0 bridgehead atoms. The molecule has 1 heterocycles. The molecule has 1 aromatic carbocycles. The number of anilines is 1. The quantitative estimate of drug-likeness (QED) is 0.730. The summed E-state index contributed by atoms with van der Waals surface area (Å²) < 4.78 is 5.22. The summed E-state index contributed by atoms with van der Waals surface area (Å²) in [6.07, 6.45) is 2.46. The van der Waals surface area contributed by atoms with Crippen molar-refractivity contribution in [3.63, 3.8) is 0 Å². The second-order valence-corrected chi connectivity index (χ2v) is 6.02. The monoisotopic (exact) mass is 342 g/mol. The molecule has 0 saturated carbocycles. The molecule has 6 nitrogen and oxygen atoms in total. The molecule has 0 spiro atoms. The lowest BCUT2D eigenvalue weighted by Gasteiger charge is -2.11. The lowest BCUT2D eigenvalue weighted by atomic mass is 10.1. The lowest BCUT2D eigenvalue weighted by molar-refractivity contribution is 0.0950. The van der Waals surface area contributed by atoms with Gasteiger partial charge in [-0.2, -0.15) is 0 Å². The summed E-state index contributed by atoms with van der Waals surface area (Å²) in [5.41, 5.74) is 1.76. The highest BCUT2D eigenvalue weighted by Crippen LogP contribution is 2.13. The first kappa shape index (κ1) is 18.7. The Morgan fingerprint density at radius 3 is 2.72 bits per heavy atom. The van der Waals surface area contributed by atoms with Crippen LogP contribution in [0.1, 0.15) is 15.9 Å². The van der Waals surface area contributed by atoms with Gasteiger partial charge in [0.1, 0.15) is 11.6 Å². The predicted octanol–water partition coefficient (Wildman–Crippen LogP) is 2.04. The van der Waals surface area contributed by atoms with Crippen molar-refractivity contribution in [2.45, 2.75) is 6.42 Å². The fraction of sp³-hybridized carbons (Fsp3) is 0.368. The van der Waals surface area contributed by atoms with Crippen LogP contribution in [0.2, 0.25) is 0 Å². The molecule has 25 heavy (non-hydrogen) atoms. The number of carbonyl (C=O) groups excluding carboxylic acids is 1. The molecule has 0 atom stereocenters. The van der Waals surface area contributed by atoms with Crippen molar-refractivity contribution in [1.29, 1.82) is 0 Å². The zero-order valence-corrected chi connectivity index (χ0v) is 15.1. The number of pyridine rings is 1. The Morgan fingerprint density at radius 1 is 1.20 bits per heavy atom.